The van der Waals surface area contributed by atoms with Crippen molar-refractivity contribution in [2.45, 2.75) is 0 Å². The molecule has 0 atom stereocenters. The summed E-state index contributed by atoms with van der Waals surface area (Å²) in [5, 5.41) is 20.7. The Bertz CT molecular complexity index is 980. The average molecular weight is 320 g/mol. The second kappa shape index (κ2) is 6.29. The van der Waals surface area contributed by atoms with Crippen LogP contribution < -0.4 is 0 Å². The Kier molecular flexibility index (Phi) is 4.03. The molecule has 0 saturated carbocycles. The Labute approximate surface area is 136 Å². The molecule has 3 aromatic rings. The number of pyridine rings is 1. The van der Waals surface area contributed by atoms with E-state index in [1.54, 1.807) is 48.6 Å². The van der Waals surface area contributed by atoms with Gasteiger partial charge < -0.3 is 5.11 Å². The number of carboxylic acids is 1. The molecule has 0 aliphatic rings. The number of nitro groups is 1. The minimum Gasteiger partial charge on any atom is -0.478 e. The zero-order chi connectivity index (χ0) is 17.1. The highest BCUT2D eigenvalue weighted by Gasteiger charge is 2.10. The smallest absolute Gasteiger partial charge is 0.336 e. The van der Waals surface area contributed by atoms with E-state index in [-0.39, 0.29) is 11.3 Å². The highest BCUT2D eigenvalue weighted by atomic mass is 16.6. The van der Waals surface area contributed by atoms with Crippen LogP contribution in [0, 0.1) is 10.1 Å². The molecule has 2 aromatic carbocycles. The zero-order valence-electron chi connectivity index (χ0n) is 12.4. The van der Waals surface area contributed by atoms with Gasteiger partial charge in [-0.25, -0.2) is 9.78 Å². The lowest BCUT2D eigenvalue weighted by molar-refractivity contribution is -0.384. The van der Waals surface area contributed by atoms with Crippen LogP contribution in [0.5, 0.6) is 0 Å². The second-order valence-corrected chi connectivity index (χ2v) is 5.10. The van der Waals surface area contributed by atoms with Gasteiger partial charge in [0, 0.05) is 17.5 Å². The van der Waals surface area contributed by atoms with E-state index in [2.05, 4.69) is 4.98 Å². The summed E-state index contributed by atoms with van der Waals surface area (Å²) in [5.74, 6) is -1.03. The largest absolute Gasteiger partial charge is 0.478 e. The van der Waals surface area contributed by atoms with Gasteiger partial charge in [-0.2, -0.15) is 0 Å². The molecule has 0 amide bonds. The predicted octanol–water partition coefficient (Wildman–Crippen LogP) is 4.01. The fourth-order valence-electron chi connectivity index (χ4n) is 2.38. The number of fused-ring (bicyclic) bond motifs is 1. The van der Waals surface area contributed by atoms with Gasteiger partial charge in [-0.1, -0.05) is 36.4 Å². The minimum absolute atomic E-state index is 0.00477. The molecule has 0 aliphatic carbocycles. The summed E-state index contributed by atoms with van der Waals surface area (Å²) in [7, 11) is 0. The Hall–Kier alpha value is -3.54. The van der Waals surface area contributed by atoms with Crippen molar-refractivity contribution in [2.75, 3.05) is 0 Å². The van der Waals surface area contributed by atoms with E-state index < -0.39 is 10.9 Å². The van der Waals surface area contributed by atoms with Crippen molar-refractivity contribution in [3.8, 4) is 0 Å². The molecule has 0 bridgehead atoms. The SMILES string of the molecule is O=C(O)c1cc(/C=C/c2cccc([N+](=O)[O-])c2)nc2ccccc12. The summed E-state index contributed by atoms with van der Waals surface area (Å²) in [5.41, 5.74) is 1.85. The topological polar surface area (TPSA) is 93.3 Å². The summed E-state index contributed by atoms with van der Waals surface area (Å²) in [6, 6.07) is 14.6. The summed E-state index contributed by atoms with van der Waals surface area (Å²) in [6.07, 6.45) is 3.30. The summed E-state index contributed by atoms with van der Waals surface area (Å²) in [6.45, 7) is 0. The molecule has 24 heavy (non-hydrogen) atoms. The van der Waals surface area contributed by atoms with Crippen LogP contribution >= 0.6 is 0 Å². The van der Waals surface area contributed by atoms with Gasteiger partial charge in [-0.3, -0.25) is 10.1 Å². The molecule has 1 aromatic heterocycles. The van der Waals surface area contributed by atoms with E-state index in [9.17, 15) is 20.0 Å². The fourth-order valence-corrected chi connectivity index (χ4v) is 2.38. The third kappa shape index (κ3) is 3.12. The number of rotatable bonds is 4. The molecule has 0 fully saturated rings. The van der Waals surface area contributed by atoms with Crippen LogP contribution in [0.15, 0.2) is 54.6 Å². The first-order valence-corrected chi connectivity index (χ1v) is 7.10. The van der Waals surface area contributed by atoms with Crippen molar-refractivity contribution in [3.63, 3.8) is 0 Å². The lowest BCUT2D eigenvalue weighted by Crippen LogP contribution is -2.00. The monoisotopic (exact) mass is 320 g/mol. The number of carboxylic acid groups (broad SMARTS) is 1. The molecule has 1 heterocycles. The van der Waals surface area contributed by atoms with Crippen LogP contribution in [-0.4, -0.2) is 21.0 Å². The normalized spacial score (nSPS) is 11.0. The van der Waals surface area contributed by atoms with Gasteiger partial charge in [0.2, 0.25) is 0 Å². The van der Waals surface area contributed by atoms with Crippen LogP contribution in [-0.2, 0) is 0 Å². The number of para-hydroxylation sites is 1. The maximum Gasteiger partial charge on any atom is 0.336 e. The van der Waals surface area contributed by atoms with Crippen molar-refractivity contribution in [3.05, 3.63) is 81.5 Å². The maximum atomic E-state index is 11.4. The quantitative estimate of drug-likeness (QED) is 0.579. The third-order valence-electron chi connectivity index (χ3n) is 3.49. The van der Waals surface area contributed by atoms with Crippen molar-refractivity contribution < 1.29 is 14.8 Å². The van der Waals surface area contributed by atoms with E-state index >= 15 is 0 Å². The van der Waals surface area contributed by atoms with E-state index in [1.807, 2.05) is 0 Å². The van der Waals surface area contributed by atoms with Crippen LogP contribution in [0.1, 0.15) is 21.6 Å². The summed E-state index contributed by atoms with van der Waals surface area (Å²) >= 11 is 0. The highest BCUT2D eigenvalue weighted by Crippen LogP contribution is 2.20. The lowest BCUT2D eigenvalue weighted by Gasteiger charge is -2.04. The van der Waals surface area contributed by atoms with Gasteiger partial charge in [0.15, 0.2) is 0 Å². The standard InChI is InChI=1S/C18H12N2O4/c21-18(22)16-11-13(19-17-7-2-1-6-15(16)17)9-8-12-4-3-5-14(10-12)20(23)24/h1-11H,(H,21,22)/b9-8+. The molecule has 6 nitrogen and oxygen atoms in total. The van der Waals surface area contributed by atoms with Gasteiger partial charge in [0.1, 0.15) is 0 Å². The molecule has 0 unspecified atom stereocenters. The Balaban J connectivity index is 2.02. The summed E-state index contributed by atoms with van der Waals surface area (Å²) in [4.78, 5) is 26.2. The van der Waals surface area contributed by atoms with Crippen LogP contribution in [0.25, 0.3) is 23.1 Å². The van der Waals surface area contributed by atoms with E-state index in [0.717, 1.165) is 0 Å². The summed E-state index contributed by atoms with van der Waals surface area (Å²) < 4.78 is 0. The third-order valence-corrected chi connectivity index (χ3v) is 3.49. The van der Waals surface area contributed by atoms with Gasteiger partial charge in [0.05, 0.1) is 21.7 Å². The van der Waals surface area contributed by atoms with Gasteiger partial charge in [-0.15, -0.1) is 0 Å². The number of nitrogens with zero attached hydrogens (tertiary/aromatic N) is 2. The number of nitro benzene ring substituents is 1. The number of carbonyl (C=O) groups is 1. The average Bonchev–Trinajstić information content (AvgIpc) is 2.59. The van der Waals surface area contributed by atoms with E-state index in [4.69, 9.17) is 0 Å². The van der Waals surface area contributed by atoms with Crippen molar-refractivity contribution >= 4 is 34.7 Å². The molecular weight excluding hydrogens is 308 g/mol. The van der Waals surface area contributed by atoms with Gasteiger partial charge in [0.25, 0.3) is 5.69 Å². The highest BCUT2D eigenvalue weighted by molar-refractivity contribution is 6.03. The molecule has 6 heteroatoms. The minimum atomic E-state index is -1.03. The molecule has 0 aliphatic heterocycles. The molecular formula is C18H12N2O4. The first-order valence-electron chi connectivity index (χ1n) is 7.10. The molecule has 1 N–H and O–H groups in total. The number of hydrogen-bond donors (Lipinski definition) is 1. The number of non-ortho nitro benzene ring substituents is 1. The molecule has 0 spiro atoms. The van der Waals surface area contributed by atoms with Crippen LogP contribution in [0.3, 0.4) is 0 Å². The molecule has 3 rings (SSSR count). The second-order valence-electron chi connectivity index (χ2n) is 5.10. The Morgan fingerprint density at radius 2 is 1.88 bits per heavy atom. The number of aromatic carboxylic acids is 1. The lowest BCUT2D eigenvalue weighted by atomic mass is 10.1. The fraction of sp³-hybridized carbons (Fsp3) is 0. The molecule has 118 valence electrons. The molecule has 0 saturated heterocycles. The van der Waals surface area contributed by atoms with Gasteiger partial charge in [-0.05, 0) is 23.8 Å². The van der Waals surface area contributed by atoms with Crippen molar-refractivity contribution in [2.24, 2.45) is 0 Å². The van der Waals surface area contributed by atoms with Crippen LogP contribution in [0.2, 0.25) is 0 Å². The van der Waals surface area contributed by atoms with E-state index in [1.165, 1.54) is 18.2 Å². The zero-order valence-corrected chi connectivity index (χ0v) is 12.4. The first-order chi connectivity index (χ1) is 11.5. The molecule has 0 radical (unpaired) electrons. The van der Waals surface area contributed by atoms with Gasteiger partial charge >= 0.3 is 5.97 Å². The first kappa shape index (κ1) is 15.4. The Morgan fingerprint density at radius 1 is 1.08 bits per heavy atom. The number of benzene rings is 2. The van der Waals surface area contributed by atoms with Crippen LogP contribution in [0.4, 0.5) is 5.69 Å². The number of aromatic nitrogens is 1. The maximum absolute atomic E-state index is 11.4. The van der Waals surface area contributed by atoms with Crippen molar-refractivity contribution in [1.29, 1.82) is 0 Å². The van der Waals surface area contributed by atoms with Crippen molar-refractivity contribution in [1.82, 2.24) is 4.98 Å². The predicted molar refractivity (Wildman–Crippen MR) is 90.7 cm³/mol. The van der Waals surface area contributed by atoms with E-state index in [0.29, 0.717) is 22.2 Å². The Morgan fingerprint density at radius 3 is 2.62 bits per heavy atom. The number of hydrogen-bond acceptors (Lipinski definition) is 4.